The van der Waals surface area contributed by atoms with Gasteiger partial charge in [-0.05, 0) is 12.8 Å². The molecule has 6 N–H and O–H groups in total. The van der Waals surface area contributed by atoms with Crippen molar-refractivity contribution in [3.63, 3.8) is 0 Å². The van der Waals surface area contributed by atoms with Gasteiger partial charge in [0.2, 0.25) is 5.96 Å². The maximum atomic E-state index is 10.6. The Bertz CT molecular complexity index is 301. The average Bonchev–Trinajstić information content (AvgIpc) is 2.47. The van der Waals surface area contributed by atoms with E-state index >= 15 is 0 Å². The molecule has 0 aromatic rings. The third-order valence-corrected chi connectivity index (χ3v) is 2.64. The first kappa shape index (κ1) is 12.4. The van der Waals surface area contributed by atoms with E-state index in [2.05, 4.69) is 4.76 Å². The number of guanidine groups is 1. The molecule has 0 radical (unpaired) electrons. The van der Waals surface area contributed by atoms with Crippen LogP contribution >= 0.6 is 7.75 Å². The van der Waals surface area contributed by atoms with Crippen LogP contribution in [-0.4, -0.2) is 49.7 Å². The highest BCUT2D eigenvalue weighted by molar-refractivity contribution is 7.50. The van der Waals surface area contributed by atoms with Gasteiger partial charge >= 0.3 is 7.75 Å². The van der Waals surface area contributed by atoms with Gasteiger partial charge in [-0.1, -0.05) is 0 Å². The summed E-state index contributed by atoms with van der Waals surface area (Å²) in [6, 6.07) is -0.653. The molecular weight excluding hydrogens is 225 g/mol. The van der Waals surface area contributed by atoms with Crippen LogP contribution in [0.15, 0.2) is 4.76 Å². The summed E-state index contributed by atoms with van der Waals surface area (Å²) in [5.74, 6) is -0.362. The van der Waals surface area contributed by atoms with Crippen LogP contribution in [-0.2, 0) is 4.57 Å². The van der Waals surface area contributed by atoms with Gasteiger partial charge in [-0.15, -0.1) is 4.76 Å². The van der Waals surface area contributed by atoms with Gasteiger partial charge in [0.25, 0.3) is 0 Å². The van der Waals surface area contributed by atoms with E-state index in [-0.39, 0.29) is 5.96 Å². The Hall–Kier alpha value is -0.660. The monoisotopic (exact) mass is 239 g/mol. The quantitative estimate of drug-likeness (QED) is 0.165. The zero-order valence-electron chi connectivity index (χ0n) is 7.89. The largest absolute Gasteiger partial charge is 0.451 e. The second-order valence-corrected chi connectivity index (χ2v) is 4.51. The van der Waals surface area contributed by atoms with E-state index in [0.717, 1.165) is 0 Å². The van der Waals surface area contributed by atoms with Crippen molar-refractivity contribution in [3.05, 3.63) is 0 Å². The molecule has 88 valence electrons. The summed E-state index contributed by atoms with van der Waals surface area (Å²) in [5.41, 5.74) is 5.35. The van der Waals surface area contributed by atoms with Crippen molar-refractivity contribution < 1.29 is 24.6 Å². The Morgan fingerprint density at radius 2 is 2.13 bits per heavy atom. The molecule has 1 saturated heterocycles. The number of hydrogen-bond donors (Lipinski definition) is 5. The SMILES string of the molecule is NC(=NP(=O)(O)O)N1CCCC1C(O)O. The molecule has 9 heteroatoms. The van der Waals surface area contributed by atoms with Crippen molar-refractivity contribution in [2.45, 2.75) is 25.2 Å². The number of hydrogen-bond acceptors (Lipinski definition) is 3. The third kappa shape index (κ3) is 3.44. The van der Waals surface area contributed by atoms with E-state index in [4.69, 9.17) is 25.7 Å². The molecule has 0 amide bonds. The van der Waals surface area contributed by atoms with E-state index in [1.54, 1.807) is 0 Å². The van der Waals surface area contributed by atoms with Crippen molar-refractivity contribution in [2.24, 2.45) is 10.5 Å². The lowest BCUT2D eigenvalue weighted by molar-refractivity contribution is -0.0792. The van der Waals surface area contributed by atoms with Crippen LogP contribution < -0.4 is 5.73 Å². The molecule has 1 aliphatic rings. The highest BCUT2D eigenvalue weighted by atomic mass is 31.2. The van der Waals surface area contributed by atoms with Gasteiger partial charge in [0.15, 0.2) is 6.29 Å². The minimum absolute atomic E-state index is 0.362. The van der Waals surface area contributed by atoms with E-state index in [0.29, 0.717) is 19.4 Å². The number of likely N-dealkylation sites (tertiary alicyclic amines) is 1. The highest BCUT2D eigenvalue weighted by Gasteiger charge is 2.31. The number of aliphatic hydroxyl groups excluding tert-OH is 1. The number of nitrogens with two attached hydrogens (primary N) is 1. The van der Waals surface area contributed by atoms with E-state index in [1.807, 2.05) is 0 Å². The van der Waals surface area contributed by atoms with Crippen molar-refractivity contribution in [1.82, 2.24) is 4.90 Å². The predicted octanol–water partition coefficient (Wildman–Crippen LogP) is -1.83. The van der Waals surface area contributed by atoms with E-state index < -0.39 is 20.1 Å². The van der Waals surface area contributed by atoms with Gasteiger partial charge in [0.1, 0.15) is 0 Å². The summed E-state index contributed by atoms with van der Waals surface area (Å²) in [5, 5.41) is 18.0. The molecule has 15 heavy (non-hydrogen) atoms. The van der Waals surface area contributed by atoms with Gasteiger partial charge in [-0.25, -0.2) is 4.57 Å². The third-order valence-electron chi connectivity index (χ3n) is 2.17. The van der Waals surface area contributed by atoms with Crippen molar-refractivity contribution >= 4 is 13.7 Å². The average molecular weight is 239 g/mol. The smallest absolute Gasteiger partial charge is 0.369 e. The van der Waals surface area contributed by atoms with Gasteiger partial charge in [-0.3, -0.25) is 0 Å². The van der Waals surface area contributed by atoms with Crippen LogP contribution in [0.4, 0.5) is 0 Å². The fourth-order valence-electron chi connectivity index (χ4n) is 1.58. The first-order valence-corrected chi connectivity index (χ1v) is 5.92. The molecule has 0 aromatic heterocycles. The first-order chi connectivity index (χ1) is 6.81. The van der Waals surface area contributed by atoms with Crippen LogP contribution in [0.1, 0.15) is 12.8 Å². The summed E-state index contributed by atoms with van der Waals surface area (Å²) in [7, 11) is -4.57. The van der Waals surface area contributed by atoms with E-state index in [9.17, 15) is 4.57 Å². The van der Waals surface area contributed by atoms with Crippen molar-refractivity contribution in [1.29, 1.82) is 0 Å². The van der Waals surface area contributed by atoms with Gasteiger partial charge < -0.3 is 30.6 Å². The van der Waals surface area contributed by atoms with Crippen LogP contribution in [0.5, 0.6) is 0 Å². The molecule has 1 aliphatic heterocycles. The van der Waals surface area contributed by atoms with Gasteiger partial charge in [0, 0.05) is 6.54 Å². The van der Waals surface area contributed by atoms with Gasteiger partial charge in [-0.2, -0.15) is 0 Å². The lowest BCUT2D eigenvalue weighted by atomic mass is 10.2. The standard InChI is InChI=1S/C6H14N3O5P/c7-6(8-15(12,13)14)9-3-1-2-4(9)5(10)11/h4-5,10-11H,1-3H2,(H4,7,8,12,13,14). The molecule has 0 aromatic carbocycles. The summed E-state index contributed by atoms with van der Waals surface area (Å²) in [4.78, 5) is 18.4. The second-order valence-electron chi connectivity index (χ2n) is 3.29. The number of nitrogens with zero attached hydrogens (tertiary/aromatic N) is 2. The molecule has 1 atom stereocenters. The Morgan fingerprint density at radius 3 is 2.60 bits per heavy atom. The zero-order valence-corrected chi connectivity index (χ0v) is 8.79. The second kappa shape index (κ2) is 4.46. The van der Waals surface area contributed by atoms with Crippen LogP contribution in [0.2, 0.25) is 0 Å². The summed E-state index contributed by atoms with van der Waals surface area (Å²) in [6.45, 7) is 0.400. The molecule has 1 rings (SSSR count). The minimum atomic E-state index is -4.57. The molecule has 1 unspecified atom stereocenters. The Morgan fingerprint density at radius 1 is 1.53 bits per heavy atom. The van der Waals surface area contributed by atoms with E-state index in [1.165, 1.54) is 4.90 Å². The summed E-state index contributed by atoms with van der Waals surface area (Å²) in [6.07, 6.45) is -0.438. The molecule has 8 nitrogen and oxygen atoms in total. The molecule has 0 saturated carbocycles. The van der Waals surface area contributed by atoms with Crippen LogP contribution in [0.3, 0.4) is 0 Å². The van der Waals surface area contributed by atoms with Gasteiger partial charge in [0.05, 0.1) is 6.04 Å². The fraction of sp³-hybridized carbons (Fsp3) is 0.833. The number of aliphatic hydroxyl groups is 2. The Balaban J connectivity index is 2.79. The Kier molecular flexibility index (Phi) is 3.69. The summed E-state index contributed by atoms with van der Waals surface area (Å²) >= 11 is 0. The normalized spacial score (nSPS) is 23.9. The highest BCUT2D eigenvalue weighted by Crippen LogP contribution is 2.36. The molecule has 0 aliphatic carbocycles. The van der Waals surface area contributed by atoms with Crippen LogP contribution in [0, 0.1) is 0 Å². The molecule has 0 bridgehead atoms. The van der Waals surface area contributed by atoms with Crippen LogP contribution in [0.25, 0.3) is 0 Å². The van der Waals surface area contributed by atoms with Crippen molar-refractivity contribution in [2.75, 3.05) is 6.54 Å². The molecule has 1 fully saturated rings. The maximum Gasteiger partial charge on any atom is 0.451 e. The molecular formula is C6H14N3O5P. The lowest BCUT2D eigenvalue weighted by Crippen LogP contribution is -2.46. The first-order valence-electron chi connectivity index (χ1n) is 4.35. The predicted molar refractivity (Wildman–Crippen MR) is 51.6 cm³/mol. The molecule has 0 spiro atoms. The minimum Gasteiger partial charge on any atom is -0.369 e. The topological polar surface area (TPSA) is 140 Å². The maximum absolute atomic E-state index is 10.6. The lowest BCUT2D eigenvalue weighted by Gasteiger charge is -2.26. The number of rotatable bonds is 2. The summed E-state index contributed by atoms with van der Waals surface area (Å²) < 4.78 is 13.5. The van der Waals surface area contributed by atoms with Crippen molar-refractivity contribution in [3.8, 4) is 0 Å². The fourth-order valence-corrected chi connectivity index (χ4v) is 1.96. The molecule has 1 heterocycles. The zero-order chi connectivity index (χ0) is 11.6. The Labute approximate surface area is 86.2 Å².